The second-order valence-corrected chi connectivity index (χ2v) is 5.10. The summed E-state index contributed by atoms with van der Waals surface area (Å²) >= 11 is 9.11. The predicted molar refractivity (Wildman–Crippen MR) is 74.9 cm³/mol. The lowest BCUT2D eigenvalue weighted by atomic mass is 10.3. The number of benzene rings is 1. The summed E-state index contributed by atoms with van der Waals surface area (Å²) in [4.78, 5) is 14.5. The number of nitrogens with zero attached hydrogens (tertiary/aromatic N) is 2. The van der Waals surface area contributed by atoms with E-state index in [4.69, 9.17) is 16.3 Å². The minimum Gasteiger partial charge on any atom is -0.431 e. The number of ether oxygens (including phenoxy) is 1. The molecule has 0 radical (unpaired) electrons. The van der Waals surface area contributed by atoms with Crippen molar-refractivity contribution in [2.45, 2.75) is 6.92 Å². The quantitative estimate of drug-likeness (QED) is 0.607. The van der Waals surface area contributed by atoms with Gasteiger partial charge in [0.15, 0.2) is 0 Å². The Bertz CT molecular complexity index is 649. The molecule has 1 aromatic heterocycles. The van der Waals surface area contributed by atoms with Gasteiger partial charge in [0.1, 0.15) is 0 Å². The van der Waals surface area contributed by atoms with Crippen molar-refractivity contribution in [3.8, 4) is 11.6 Å². The highest BCUT2D eigenvalue weighted by atomic mass is 79.9. The second-order valence-electron chi connectivity index (χ2n) is 3.75. The van der Waals surface area contributed by atoms with E-state index in [0.29, 0.717) is 10.9 Å². The van der Waals surface area contributed by atoms with Gasteiger partial charge in [-0.2, -0.15) is 0 Å². The Kier molecular flexibility index (Phi) is 4.01. The molecule has 0 atom stereocenters. The van der Waals surface area contributed by atoms with Crippen LogP contribution in [0.2, 0.25) is 5.02 Å². The molecule has 7 heteroatoms. The molecule has 98 valence electrons. The highest BCUT2D eigenvalue weighted by molar-refractivity contribution is 9.10. The van der Waals surface area contributed by atoms with E-state index in [-0.39, 0.29) is 11.4 Å². The van der Waals surface area contributed by atoms with Crippen molar-refractivity contribution in [3.05, 3.63) is 55.6 Å². The molecule has 0 aliphatic heterocycles. The number of rotatable bonds is 3. The van der Waals surface area contributed by atoms with Crippen molar-refractivity contribution >= 4 is 33.2 Å². The molecule has 1 aromatic carbocycles. The maximum Gasteiger partial charge on any atom is 0.311 e. The maximum atomic E-state index is 10.9. The minimum absolute atomic E-state index is 0.0652. The van der Waals surface area contributed by atoms with Crippen molar-refractivity contribution in [2.75, 3.05) is 0 Å². The molecule has 0 aliphatic rings. The lowest BCUT2D eigenvalue weighted by Crippen LogP contribution is -1.96. The molecule has 5 nitrogen and oxygen atoms in total. The van der Waals surface area contributed by atoms with Gasteiger partial charge in [-0.1, -0.05) is 11.6 Å². The van der Waals surface area contributed by atoms with Crippen LogP contribution in [0.1, 0.15) is 5.56 Å². The van der Waals surface area contributed by atoms with Crippen LogP contribution in [-0.2, 0) is 0 Å². The second kappa shape index (κ2) is 5.54. The topological polar surface area (TPSA) is 65.3 Å². The van der Waals surface area contributed by atoms with Crippen molar-refractivity contribution in [3.63, 3.8) is 0 Å². The molecule has 19 heavy (non-hydrogen) atoms. The summed E-state index contributed by atoms with van der Waals surface area (Å²) in [6.07, 6.45) is 1.55. The molecule has 0 saturated heterocycles. The highest BCUT2D eigenvalue weighted by Gasteiger charge is 2.17. The summed E-state index contributed by atoms with van der Waals surface area (Å²) in [7, 11) is 0. The predicted octanol–water partition coefficient (Wildman–Crippen LogP) is 4.51. The van der Waals surface area contributed by atoms with Gasteiger partial charge in [0.25, 0.3) is 0 Å². The van der Waals surface area contributed by atoms with Crippen molar-refractivity contribution in [1.29, 1.82) is 0 Å². The zero-order chi connectivity index (χ0) is 14.0. The van der Waals surface area contributed by atoms with E-state index in [9.17, 15) is 10.1 Å². The van der Waals surface area contributed by atoms with Crippen LogP contribution in [0.5, 0.6) is 11.6 Å². The van der Waals surface area contributed by atoms with E-state index >= 15 is 0 Å². The van der Waals surface area contributed by atoms with Crippen molar-refractivity contribution in [2.24, 2.45) is 0 Å². The molecule has 2 rings (SSSR count). The monoisotopic (exact) mass is 342 g/mol. The largest absolute Gasteiger partial charge is 0.431 e. The molecule has 0 aliphatic carbocycles. The lowest BCUT2D eigenvalue weighted by molar-refractivity contribution is -0.385. The molecule has 0 bridgehead atoms. The molecular weight excluding hydrogens is 336 g/mol. The average molecular weight is 344 g/mol. The number of pyridine rings is 1. The molecule has 0 saturated carbocycles. The first-order valence-electron chi connectivity index (χ1n) is 5.21. The third-order valence-corrected chi connectivity index (χ3v) is 2.99. The summed E-state index contributed by atoms with van der Waals surface area (Å²) in [5.41, 5.74) is 0.595. The van der Waals surface area contributed by atoms with E-state index in [1.54, 1.807) is 19.2 Å². The molecule has 2 aromatic rings. The van der Waals surface area contributed by atoms with Crippen LogP contribution in [0.25, 0.3) is 0 Å². The van der Waals surface area contributed by atoms with Gasteiger partial charge in [-0.05, 0) is 35.0 Å². The third kappa shape index (κ3) is 3.21. The number of aromatic nitrogens is 1. The van der Waals surface area contributed by atoms with Gasteiger partial charge in [0.2, 0.25) is 11.6 Å². The van der Waals surface area contributed by atoms with E-state index < -0.39 is 4.92 Å². The smallest absolute Gasteiger partial charge is 0.311 e. The van der Waals surface area contributed by atoms with Crippen LogP contribution in [0, 0.1) is 17.0 Å². The molecule has 1 heterocycles. The Hall–Kier alpha value is -1.66. The van der Waals surface area contributed by atoms with Crippen LogP contribution in [0.3, 0.4) is 0 Å². The molecular formula is C12H8BrClN2O3. The molecule has 0 amide bonds. The number of nitro benzene ring substituents is 1. The van der Waals surface area contributed by atoms with Crippen molar-refractivity contribution < 1.29 is 9.66 Å². The van der Waals surface area contributed by atoms with Gasteiger partial charge in [0, 0.05) is 33.4 Å². The zero-order valence-corrected chi connectivity index (χ0v) is 12.1. The molecule has 0 fully saturated rings. The first kappa shape index (κ1) is 13.8. The minimum atomic E-state index is -0.528. The van der Waals surface area contributed by atoms with Crippen LogP contribution < -0.4 is 4.74 Å². The van der Waals surface area contributed by atoms with E-state index in [0.717, 1.165) is 10.0 Å². The highest BCUT2D eigenvalue weighted by Crippen LogP contribution is 2.34. The maximum absolute atomic E-state index is 10.9. The van der Waals surface area contributed by atoms with E-state index in [2.05, 4.69) is 20.9 Å². The number of hydrogen-bond donors (Lipinski definition) is 0. The fourth-order valence-electron chi connectivity index (χ4n) is 1.46. The SMILES string of the molecule is Cc1cc(Br)cnc1Oc1cc(Cl)ccc1[N+](=O)[O-]. The van der Waals surface area contributed by atoms with Crippen LogP contribution in [0.15, 0.2) is 34.9 Å². The number of nitro groups is 1. The van der Waals surface area contributed by atoms with Crippen molar-refractivity contribution in [1.82, 2.24) is 4.98 Å². The molecule has 0 unspecified atom stereocenters. The Labute approximate surface area is 122 Å². The molecule has 0 N–H and O–H groups in total. The summed E-state index contributed by atoms with van der Waals surface area (Å²) in [6, 6.07) is 5.93. The van der Waals surface area contributed by atoms with Gasteiger partial charge in [-0.25, -0.2) is 4.98 Å². The number of halogens is 2. The lowest BCUT2D eigenvalue weighted by Gasteiger charge is -2.08. The van der Waals surface area contributed by atoms with Gasteiger partial charge in [0.05, 0.1) is 4.92 Å². The fraction of sp³-hybridized carbons (Fsp3) is 0.0833. The Morgan fingerprint density at radius 2 is 2.16 bits per heavy atom. The Morgan fingerprint density at radius 3 is 2.79 bits per heavy atom. The Balaban J connectivity index is 2.42. The van der Waals surface area contributed by atoms with E-state index in [1.807, 2.05) is 0 Å². The zero-order valence-electron chi connectivity index (χ0n) is 9.76. The van der Waals surface area contributed by atoms with Crippen LogP contribution in [0.4, 0.5) is 5.69 Å². The first-order valence-corrected chi connectivity index (χ1v) is 6.38. The van der Waals surface area contributed by atoms with Crippen LogP contribution >= 0.6 is 27.5 Å². The summed E-state index contributed by atoms with van der Waals surface area (Å²) in [6.45, 7) is 1.80. The van der Waals surface area contributed by atoms with Gasteiger partial charge < -0.3 is 4.74 Å². The standard InChI is InChI=1S/C12H8BrClN2O3/c1-7-4-8(13)6-15-12(7)19-11-5-9(14)2-3-10(11)16(17)18/h2-6H,1H3. The summed E-state index contributed by atoms with van der Waals surface area (Å²) in [5, 5.41) is 11.3. The molecule has 0 spiro atoms. The number of hydrogen-bond acceptors (Lipinski definition) is 4. The average Bonchev–Trinajstić information content (AvgIpc) is 2.32. The van der Waals surface area contributed by atoms with Gasteiger partial charge in [-0.3, -0.25) is 10.1 Å². The van der Waals surface area contributed by atoms with E-state index in [1.165, 1.54) is 18.2 Å². The summed E-state index contributed by atoms with van der Waals surface area (Å²) in [5.74, 6) is 0.365. The van der Waals surface area contributed by atoms with Crippen LogP contribution in [-0.4, -0.2) is 9.91 Å². The van der Waals surface area contributed by atoms with Gasteiger partial charge in [-0.15, -0.1) is 0 Å². The third-order valence-electron chi connectivity index (χ3n) is 2.32. The normalized spacial score (nSPS) is 10.3. The number of aryl methyl sites for hydroxylation is 1. The first-order chi connectivity index (χ1) is 8.97. The fourth-order valence-corrected chi connectivity index (χ4v) is 2.07. The summed E-state index contributed by atoms with van der Waals surface area (Å²) < 4.78 is 6.28. The Morgan fingerprint density at radius 1 is 1.42 bits per heavy atom. The van der Waals surface area contributed by atoms with Gasteiger partial charge >= 0.3 is 5.69 Å².